The van der Waals surface area contributed by atoms with Crippen molar-refractivity contribution >= 4 is 17.9 Å². The molecule has 0 N–H and O–H groups in total. The molecule has 0 aliphatic heterocycles. The number of hydrogen-bond donors (Lipinski definition) is 0. The van der Waals surface area contributed by atoms with Crippen molar-refractivity contribution in [3.8, 4) is 23.3 Å². The molecule has 8 nitrogen and oxygen atoms in total. The van der Waals surface area contributed by atoms with Crippen molar-refractivity contribution in [3.05, 3.63) is 101 Å². The average Bonchev–Trinajstić information content (AvgIpc) is 3.63. The fourth-order valence-corrected chi connectivity index (χ4v) is 5.43. The van der Waals surface area contributed by atoms with Crippen molar-refractivity contribution in [2.24, 2.45) is 0 Å². The van der Waals surface area contributed by atoms with E-state index >= 15 is 0 Å². The normalized spacial score (nSPS) is 16.3. The van der Waals surface area contributed by atoms with E-state index in [0.29, 0.717) is 60.0 Å². The second-order valence-electron chi connectivity index (χ2n) is 10.0. The molecule has 0 spiro atoms. The van der Waals surface area contributed by atoms with Gasteiger partial charge in [-0.15, -0.1) is 0 Å². The molecule has 0 heterocycles. The summed E-state index contributed by atoms with van der Waals surface area (Å²) >= 11 is 0. The van der Waals surface area contributed by atoms with Crippen LogP contribution in [-0.2, 0) is 9.53 Å². The summed E-state index contributed by atoms with van der Waals surface area (Å²) in [5, 5.41) is 8.99. The van der Waals surface area contributed by atoms with Crippen LogP contribution in [0.4, 0.5) is 0 Å². The molecule has 2 unspecified atom stereocenters. The smallest absolute Gasteiger partial charge is 0.343 e. The zero-order chi connectivity index (χ0) is 28.8. The Balaban J connectivity index is 1.22. The Bertz CT molecular complexity index is 1500. The highest BCUT2D eigenvalue weighted by atomic mass is 16.5. The molecule has 0 saturated heterocycles. The van der Waals surface area contributed by atoms with Crippen LogP contribution in [0.25, 0.3) is 0 Å². The van der Waals surface area contributed by atoms with Gasteiger partial charge < -0.3 is 18.9 Å². The van der Waals surface area contributed by atoms with Crippen LogP contribution in [-0.4, -0.2) is 31.1 Å². The minimum atomic E-state index is -0.498. The van der Waals surface area contributed by atoms with E-state index in [1.807, 2.05) is 6.07 Å². The Kier molecular flexibility index (Phi) is 8.44. The summed E-state index contributed by atoms with van der Waals surface area (Å²) in [6.07, 6.45) is 5.45. The van der Waals surface area contributed by atoms with E-state index in [1.165, 1.54) is 0 Å². The van der Waals surface area contributed by atoms with Crippen LogP contribution < -0.4 is 14.2 Å². The average molecular weight is 552 g/mol. The fourth-order valence-electron chi connectivity index (χ4n) is 5.43. The monoisotopic (exact) mass is 551 g/mol. The van der Waals surface area contributed by atoms with E-state index in [1.54, 1.807) is 60.7 Å². The lowest BCUT2D eigenvalue weighted by Gasteiger charge is -2.21. The third-order valence-corrected chi connectivity index (χ3v) is 7.42. The first kappa shape index (κ1) is 27.7. The summed E-state index contributed by atoms with van der Waals surface area (Å²) < 4.78 is 22.3. The van der Waals surface area contributed by atoms with Crippen LogP contribution >= 0.6 is 0 Å². The molecule has 0 aromatic heterocycles. The molecule has 0 radical (unpaired) electrons. The maximum atomic E-state index is 13.0. The number of carbonyl (C=O) groups excluding carboxylic acids is 3. The lowest BCUT2D eigenvalue weighted by molar-refractivity contribution is -0.137. The number of nitrogens with zero attached hydrogens (tertiary/aromatic N) is 1. The van der Waals surface area contributed by atoms with Gasteiger partial charge >= 0.3 is 17.9 Å². The zero-order valence-corrected chi connectivity index (χ0v) is 22.5. The summed E-state index contributed by atoms with van der Waals surface area (Å²) in [5.41, 5.74) is 3.10. The Hall–Kier alpha value is -4.90. The topological polar surface area (TPSA) is 112 Å². The van der Waals surface area contributed by atoms with Crippen molar-refractivity contribution in [1.29, 1.82) is 5.26 Å². The molecule has 3 aromatic rings. The van der Waals surface area contributed by atoms with Gasteiger partial charge in [-0.1, -0.05) is 6.58 Å². The molecule has 1 saturated carbocycles. The molecule has 5 rings (SSSR count). The van der Waals surface area contributed by atoms with Crippen LogP contribution in [0.2, 0.25) is 0 Å². The minimum absolute atomic E-state index is 0.252. The molecule has 2 bridgehead atoms. The van der Waals surface area contributed by atoms with Crippen LogP contribution in [0.15, 0.2) is 73.3 Å². The summed E-state index contributed by atoms with van der Waals surface area (Å²) in [6.45, 7) is 4.11. The first-order valence-corrected chi connectivity index (χ1v) is 13.6. The predicted octanol–water partition coefficient (Wildman–Crippen LogP) is 6.25. The highest BCUT2D eigenvalue weighted by Gasteiger charge is 2.42. The third kappa shape index (κ3) is 6.30. The van der Waals surface area contributed by atoms with Gasteiger partial charge in [0.1, 0.15) is 17.2 Å². The molecule has 0 amide bonds. The van der Waals surface area contributed by atoms with E-state index in [9.17, 15) is 14.4 Å². The largest absolute Gasteiger partial charge is 0.494 e. The number of fused-ring (bicyclic) bond motifs is 5. The summed E-state index contributed by atoms with van der Waals surface area (Å²) in [4.78, 5) is 36.9. The van der Waals surface area contributed by atoms with Gasteiger partial charge in [0.05, 0.1) is 36.0 Å². The van der Waals surface area contributed by atoms with Crippen LogP contribution in [0, 0.1) is 11.3 Å². The molecule has 41 heavy (non-hydrogen) atoms. The molecular weight excluding hydrogens is 522 g/mol. The van der Waals surface area contributed by atoms with Gasteiger partial charge in [-0.25, -0.2) is 14.4 Å². The van der Waals surface area contributed by atoms with Crippen LogP contribution in [0.1, 0.15) is 81.3 Å². The molecule has 2 aliphatic carbocycles. The first-order chi connectivity index (χ1) is 20.0. The number of rotatable bonds is 11. The summed E-state index contributed by atoms with van der Waals surface area (Å²) in [7, 11) is 0. The van der Waals surface area contributed by atoms with Crippen molar-refractivity contribution in [3.63, 3.8) is 0 Å². The van der Waals surface area contributed by atoms with Gasteiger partial charge in [0, 0.05) is 17.2 Å². The number of nitriles is 1. The number of hydrogen-bond acceptors (Lipinski definition) is 8. The van der Waals surface area contributed by atoms with Gasteiger partial charge in [0.2, 0.25) is 0 Å². The number of ether oxygens (including phenoxy) is 4. The number of esters is 3. The molecule has 3 aromatic carbocycles. The first-order valence-electron chi connectivity index (χ1n) is 13.6. The molecule has 2 aliphatic rings. The summed E-state index contributed by atoms with van der Waals surface area (Å²) in [5.74, 6) is 0.691. The lowest BCUT2D eigenvalue weighted by Crippen LogP contribution is -2.14. The molecule has 8 heteroatoms. The van der Waals surface area contributed by atoms with E-state index < -0.39 is 17.9 Å². The number of benzene rings is 3. The van der Waals surface area contributed by atoms with E-state index in [2.05, 4.69) is 6.58 Å². The van der Waals surface area contributed by atoms with Crippen molar-refractivity contribution in [2.75, 3.05) is 13.2 Å². The maximum absolute atomic E-state index is 13.0. The van der Waals surface area contributed by atoms with Gasteiger partial charge in [-0.3, -0.25) is 0 Å². The maximum Gasteiger partial charge on any atom is 0.343 e. The van der Waals surface area contributed by atoms with Gasteiger partial charge in [-0.2, -0.15) is 5.26 Å². The van der Waals surface area contributed by atoms with Crippen LogP contribution in [0.3, 0.4) is 0 Å². The van der Waals surface area contributed by atoms with Gasteiger partial charge in [0.25, 0.3) is 0 Å². The van der Waals surface area contributed by atoms with Crippen LogP contribution in [0.5, 0.6) is 17.2 Å². The van der Waals surface area contributed by atoms with E-state index in [0.717, 1.165) is 36.5 Å². The Morgan fingerprint density at radius 2 is 1.34 bits per heavy atom. The zero-order valence-electron chi connectivity index (χ0n) is 22.5. The standard InChI is InChI=1S/C33H29NO7/c1-2-29(35)39-18-4-3-17-38-26-13-11-23(12-14-26)33(37)41-28-16-15-27(30-24-9-10-25(19-24)31(28)30)40-32(36)22-7-5-21(20-34)6-8-22/h2,5-8,11-16,24-25H,1,3-4,9-10,17-19H2. The highest BCUT2D eigenvalue weighted by molar-refractivity contribution is 5.92. The fraction of sp³-hybridized carbons (Fsp3) is 0.273. The molecule has 208 valence electrons. The van der Waals surface area contributed by atoms with E-state index in [4.69, 9.17) is 24.2 Å². The van der Waals surface area contributed by atoms with Crippen molar-refractivity contribution in [2.45, 2.75) is 43.9 Å². The van der Waals surface area contributed by atoms with Crippen molar-refractivity contribution < 1.29 is 33.3 Å². The van der Waals surface area contributed by atoms with Gasteiger partial charge in [-0.05, 0) is 105 Å². The Morgan fingerprint density at radius 3 is 1.88 bits per heavy atom. The SMILES string of the molecule is C=CC(=O)OCCCCOc1ccc(C(=O)Oc2ccc(OC(=O)c3ccc(C#N)cc3)c3c2C2CCC3C2)cc1. The Labute approximate surface area is 238 Å². The predicted molar refractivity (Wildman–Crippen MR) is 149 cm³/mol. The second kappa shape index (κ2) is 12.5. The minimum Gasteiger partial charge on any atom is -0.494 e. The second-order valence-corrected chi connectivity index (χ2v) is 10.0. The Morgan fingerprint density at radius 1 is 0.805 bits per heavy atom. The third-order valence-electron chi connectivity index (χ3n) is 7.42. The molecule has 1 fully saturated rings. The number of carbonyl (C=O) groups is 3. The quantitative estimate of drug-likeness (QED) is 0.119. The molecule has 2 atom stereocenters. The van der Waals surface area contributed by atoms with Gasteiger partial charge in [0.15, 0.2) is 0 Å². The molecular formula is C33H29NO7. The van der Waals surface area contributed by atoms with E-state index in [-0.39, 0.29) is 11.8 Å². The summed E-state index contributed by atoms with van der Waals surface area (Å²) in [6, 6.07) is 18.5. The highest BCUT2D eigenvalue weighted by Crippen LogP contribution is 2.58. The lowest BCUT2D eigenvalue weighted by atomic mass is 9.90. The number of unbranched alkanes of at least 4 members (excludes halogenated alkanes) is 1. The van der Waals surface area contributed by atoms with Crippen molar-refractivity contribution in [1.82, 2.24) is 0 Å².